The number of carbonyl (C=O) groups excluding carboxylic acids is 1. The van der Waals surface area contributed by atoms with E-state index in [1.54, 1.807) is 0 Å². The van der Waals surface area contributed by atoms with Crippen LogP contribution in [-0.2, 0) is 0 Å². The Labute approximate surface area is 131 Å². The van der Waals surface area contributed by atoms with Crippen molar-refractivity contribution in [1.29, 1.82) is 0 Å². The second-order valence-corrected chi connectivity index (χ2v) is 6.11. The second-order valence-electron chi connectivity index (χ2n) is 5.20. The minimum Gasteiger partial charge on any atom is -0.395 e. The smallest absolute Gasteiger partial charge is 0.252 e. The van der Waals surface area contributed by atoms with Crippen LogP contribution >= 0.6 is 11.3 Å². The number of unbranched alkanes of at least 4 members (excludes halogenated alkanes) is 3. The van der Waals surface area contributed by atoms with Crippen LogP contribution in [0.3, 0.4) is 0 Å². The van der Waals surface area contributed by atoms with Crippen LogP contribution in [0.25, 0.3) is 0 Å². The molecular formula is C17H25NO2S. The average molecular weight is 307 g/mol. The number of carbonyl (C=O) groups is 1. The molecule has 0 aliphatic heterocycles. The third-order valence-electron chi connectivity index (χ3n) is 3.18. The van der Waals surface area contributed by atoms with Gasteiger partial charge in [-0.05, 0) is 19.4 Å². The fraction of sp³-hybridized carbons (Fsp3) is 0.588. The number of aliphatic hydroxyl groups excluding tert-OH is 1. The monoisotopic (exact) mass is 307 g/mol. The lowest BCUT2D eigenvalue weighted by Gasteiger charge is -2.12. The molecule has 21 heavy (non-hydrogen) atoms. The van der Waals surface area contributed by atoms with Gasteiger partial charge in [0, 0.05) is 17.8 Å². The fourth-order valence-electron chi connectivity index (χ4n) is 1.98. The highest BCUT2D eigenvalue weighted by Gasteiger charge is 2.11. The zero-order valence-electron chi connectivity index (χ0n) is 12.9. The van der Waals surface area contributed by atoms with E-state index in [4.69, 9.17) is 5.11 Å². The SMILES string of the molecule is CCCCCCC(C)NC(=O)c1csc(C#CCCO)c1. The second kappa shape index (κ2) is 10.4. The third-order valence-corrected chi connectivity index (χ3v) is 4.02. The van der Waals surface area contributed by atoms with Crippen molar-refractivity contribution in [3.8, 4) is 11.8 Å². The lowest BCUT2D eigenvalue weighted by molar-refractivity contribution is 0.0938. The summed E-state index contributed by atoms with van der Waals surface area (Å²) < 4.78 is 0. The van der Waals surface area contributed by atoms with Gasteiger partial charge in [0.2, 0.25) is 0 Å². The van der Waals surface area contributed by atoms with Gasteiger partial charge in [-0.15, -0.1) is 11.3 Å². The molecule has 0 aromatic carbocycles. The van der Waals surface area contributed by atoms with Crippen LogP contribution in [-0.4, -0.2) is 23.7 Å². The van der Waals surface area contributed by atoms with E-state index in [1.165, 1.54) is 30.6 Å². The molecule has 0 saturated carbocycles. The van der Waals surface area contributed by atoms with Crippen LogP contribution in [0.5, 0.6) is 0 Å². The summed E-state index contributed by atoms with van der Waals surface area (Å²) in [6, 6.07) is 2.02. The molecule has 1 aromatic heterocycles. The number of hydrogen-bond donors (Lipinski definition) is 2. The Hall–Kier alpha value is -1.31. The summed E-state index contributed by atoms with van der Waals surface area (Å²) >= 11 is 1.46. The Morgan fingerprint density at radius 1 is 1.43 bits per heavy atom. The minimum atomic E-state index is -0.0237. The summed E-state index contributed by atoms with van der Waals surface area (Å²) in [7, 11) is 0. The van der Waals surface area contributed by atoms with Crippen LogP contribution in [0.2, 0.25) is 0 Å². The van der Waals surface area contributed by atoms with Crippen molar-refractivity contribution >= 4 is 17.2 Å². The maximum Gasteiger partial charge on any atom is 0.252 e. The first-order chi connectivity index (χ1) is 10.2. The molecule has 1 atom stereocenters. The zero-order chi connectivity index (χ0) is 15.5. The van der Waals surface area contributed by atoms with E-state index in [9.17, 15) is 4.79 Å². The van der Waals surface area contributed by atoms with Gasteiger partial charge in [0.15, 0.2) is 0 Å². The fourth-order valence-corrected chi connectivity index (χ4v) is 2.74. The Bertz CT molecular complexity index is 484. The Balaban J connectivity index is 2.40. The lowest BCUT2D eigenvalue weighted by Crippen LogP contribution is -2.32. The van der Waals surface area contributed by atoms with E-state index in [2.05, 4.69) is 31.0 Å². The highest BCUT2D eigenvalue weighted by Crippen LogP contribution is 2.14. The molecule has 0 aliphatic rings. The van der Waals surface area contributed by atoms with Gasteiger partial charge in [-0.25, -0.2) is 0 Å². The highest BCUT2D eigenvalue weighted by molar-refractivity contribution is 7.10. The number of nitrogens with one attached hydrogen (secondary N) is 1. The molecule has 1 unspecified atom stereocenters. The largest absolute Gasteiger partial charge is 0.395 e. The van der Waals surface area contributed by atoms with E-state index < -0.39 is 0 Å². The minimum absolute atomic E-state index is 0.0237. The van der Waals surface area contributed by atoms with Gasteiger partial charge >= 0.3 is 0 Å². The van der Waals surface area contributed by atoms with Gasteiger partial charge in [-0.3, -0.25) is 4.79 Å². The summed E-state index contributed by atoms with van der Waals surface area (Å²) in [5, 5.41) is 13.5. The average Bonchev–Trinajstić information content (AvgIpc) is 2.93. The maximum absolute atomic E-state index is 12.1. The summed E-state index contributed by atoms with van der Waals surface area (Å²) in [5.74, 6) is 5.79. The molecule has 1 rings (SSSR count). The van der Waals surface area contributed by atoms with Crippen molar-refractivity contribution in [2.75, 3.05) is 6.61 Å². The normalized spacial score (nSPS) is 11.6. The first kappa shape index (κ1) is 17.7. The summed E-state index contributed by atoms with van der Waals surface area (Å²) in [6.07, 6.45) is 6.39. The molecule has 0 spiro atoms. The highest BCUT2D eigenvalue weighted by atomic mass is 32.1. The van der Waals surface area contributed by atoms with Crippen molar-refractivity contribution < 1.29 is 9.90 Å². The van der Waals surface area contributed by atoms with Crippen molar-refractivity contribution in [3.05, 3.63) is 21.9 Å². The summed E-state index contributed by atoms with van der Waals surface area (Å²) in [6.45, 7) is 4.32. The topological polar surface area (TPSA) is 49.3 Å². The molecule has 1 aromatic rings. The molecule has 2 N–H and O–H groups in total. The van der Waals surface area contributed by atoms with Crippen molar-refractivity contribution in [3.63, 3.8) is 0 Å². The van der Waals surface area contributed by atoms with Crippen molar-refractivity contribution in [2.24, 2.45) is 0 Å². The van der Waals surface area contributed by atoms with Gasteiger partial charge < -0.3 is 10.4 Å². The first-order valence-corrected chi connectivity index (χ1v) is 8.54. The lowest BCUT2D eigenvalue weighted by atomic mass is 10.1. The molecule has 1 amide bonds. The number of thiophene rings is 1. The maximum atomic E-state index is 12.1. The molecule has 0 aliphatic carbocycles. The Morgan fingerprint density at radius 2 is 2.24 bits per heavy atom. The molecule has 3 nitrogen and oxygen atoms in total. The summed E-state index contributed by atoms with van der Waals surface area (Å²) in [4.78, 5) is 13.0. The van der Waals surface area contributed by atoms with E-state index >= 15 is 0 Å². The standard InChI is InChI=1S/C17H25NO2S/c1-3-4-5-6-9-14(2)18-17(20)15-12-16(21-13-15)10-7-8-11-19/h12-14,19H,3-6,8-9,11H2,1-2H3,(H,18,20). The van der Waals surface area contributed by atoms with Crippen molar-refractivity contribution in [2.45, 2.75) is 58.4 Å². The van der Waals surface area contributed by atoms with E-state index in [1.807, 2.05) is 11.4 Å². The van der Waals surface area contributed by atoms with Gasteiger partial charge in [0.25, 0.3) is 5.91 Å². The molecule has 116 valence electrons. The predicted octanol–water partition coefficient (Wildman–Crippen LogP) is 3.57. The molecule has 1 heterocycles. The number of aliphatic hydroxyl groups is 1. The molecule has 0 saturated heterocycles. The molecule has 0 fully saturated rings. The Kier molecular flexibility index (Phi) is 8.80. The van der Waals surface area contributed by atoms with Crippen molar-refractivity contribution in [1.82, 2.24) is 5.32 Å². The van der Waals surface area contributed by atoms with E-state index in [-0.39, 0.29) is 18.6 Å². The molecular weight excluding hydrogens is 282 g/mol. The number of hydrogen-bond acceptors (Lipinski definition) is 3. The predicted molar refractivity (Wildman–Crippen MR) is 88.6 cm³/mol. The van der Waals surface area contributed by atoms with Crippen LogP contribution in [0.15, 0.2) is 11.4 Å². The molecule has 0 radical (unpaired) electrons. The van der Waals surface area contributed by atoms with Gasteiger partial charge in [0.1, 0.15) is 0 Å². The van der Waals surface area contributed by atoms with Gasteiger partial charge in [0.05, 0.1) is 17.0 Å². The van der Waals surface area contributed by atoms with Crippen LogP contribution < -0.4 is 5.32 Å². The number of rotatable bonds is 8. The summed E-state index contributed by atoms with van der Waals surface area (Å²) in [5.41, 5.74) is 0.675. The zero-order valence-corrected chi connectivity index (χ0v) is 13.8. The van der Waals surface area contributed by atoms with Gasteiger partial charge in [-0.1, -0.05) is 44.4 Å². The quantitative estimate of drug-likeness (QED) is 0.570. The van der Waals surface area contributed by atoms with E-state index in [0.29, 0.717) is 12.0 Å². The van der Waals surface area contributed by atoms with E-state index in [0.717, 1.165) is 17.7 Å². The molecule has 4 heteroatoms. The Morgan fingerprint density at radius 3 is 2.95 bits per heavy atom. The van der Waals surface area contributed by atoms with Crippen LogP contribution in [0, 0.1) is 11.8 Å². The van der Waals surface area contributed by atoms with Crippen LogP contribution in [0.1, 0.15) is 67.6 Å². The van der Waals surface area contributed by atoms with Crippen LogP contribution in [0.4, 0.5) is 0 Å². The third kappa shape index (κ3) is 7.31. The van der Waals surface area contributed by atoms with Gasteiger partial charge in [-0.2, -0.15) is 0 Å². The molecule has 0 bridgehead atoms. The number of amides is 1. The first-order valence-electron chi connectivity index (χ1n) is 7.66.